The molecule has 0 saturated heterocycles. The molecule has 0 saturated carbocycles. The lowest BCUT2D eigenvalue weighted by molar-refractivity contribution is -0.130. The molecule has 0 aromatic rings. The van der Waals surface area contributed by atoms with Gasteiger partial charge in [-0.15, -0.1) is 0 Å². The van der Waals surface area contributed by atoms with E-state index in [4.69, 9.17) is 0 Å². The van der Waals surface area contributed by atoms with Crippen LogP contribution in [0.2, 0.25) is 0 Å². The van der Waals surface area contributed by atoms with Crippen LogP contribution >= 0.6 is 0 Å². The number of nitrogens with one attached hydrogen (secondary N) is 1. The molecule has 102 valence electrons. The number of hydrogen-bond donors (Lipinski definition) is 1. The predicted molar refractivity (Wildman–Crippen MR) is 74.9 cm³/mol. The lowest BCUT2D eigenvalue weighted by Gasteiger charge is -2.39. The Hall–Kier alpha value is -0.530. The molecule has 0 bridgehead atoms. The van der Waals surface area contributed by atoms with E-state index in [1.807, 2.05) is 0 Å². The standard InChI is InChI=1S/C15H31NO/c1-8-14(4,5)11-12(13(17)16-7)15(6,9-2)10-3/h12H,8-11H2,1-7H3,(H,16,17). The van der Waals surface area contributed by atoms with Crippen molar-refractivity contribution < 1.29 is 4.79 Å². The summed E-state index contributed by atoms with van der Waals surface area (Å²) in [5.74, 6) is 0.329. The first-order chi connectivity index (χ1) is 7.76. The highest BCUT2D eigenvalue weighted by Crippen LogP contribution is 2.42. The van der Waals surface area contributed by atoms with Gasteiger partial charge in [-0.3, -0.25) is 4.79 Å². The zero-order valence-electron chi connectivity index (χ0n) is 12.8. The van der Waals surface area contributed by atoms with E-state index in [0.29, 0.717) is 0 Å². The van der Waals surface area contributed by atoms with Crippen molar-refractivity contribution in [1.29, 1.82) is 0 Å². The van der Waals surface area contributed by atoms with Crippen molar-refractivity contribution in [3.63, 3.8) is 0 Å². The van der Waals surface area contributed by atoms with Gasteiger partial charge in [0.15, 0.2) is 0 Å². The van der Waals surface area contributed by atoms with Crippen molar-refractivity contribution in [1.82, 2.24) is 5.32 Å². The number of carbonyl (C=O) groups excluding carboxylic acids is 1. The van der Waals surface area contributed by atoms with Gasteiger partial charge in [0.25, 0.3) is 0 Å². The minimum absolute atomic E-state index is 0.118. The monoisotopic (exact) mass is 241 g/mol. The molecule has 0 aromatic carbocycles. The summed E-state index contributed by atoms with van der Waals surface area (Å²) < 4.78 is 0. The van der Waals surface area contributed by atoms with Crippen LogP contribution in [0, 0.1) is 16.7 Å². The van der Waals surface area contributed by atoms with Crippen molar-refractivity contribution in [2.24, 2.45) is 16.7 Å². The van der Waals surface area contributed by atoms with E-state index in [1.54, 1.807) is 7.05 Å². The predicted octanol–water partition coefficient (Wildman–Crippen LogP) is 4.00. The van der Waals surface area contributed by atoms with Crippen LogP contribution in [0.3, 0.4) is 0 Å². The Balaban J connectivity index is 5.08. The largest absolute Gasteiger partial charge is 0.359 e. The molecule has 0 heterocycles. The Morgan fingerprint density at radius 2 is 1.53 bits per heavy atom. The molecule has 0 radical (unpaired) electrons. The molecule has 2 nitrogen and oxygen atoms in total. The van der Waals surface area contributed by atoms with Crippen molar-refractivity contribution >= 4 is 5.91 Å². The minimum atomic E-state index is 0.118. The zero-order valence-corrected chi connectivity index (χ0v) is 12.8. The molecule has 0 aliphatic heterocycles. The van der Waals surface area contributed by atoms with Crippen LogP contribution in [0.5, 0.6) is 0 Å². The third kappa shape index (κ3) is 4.33. The molecule has 0 spiro atoms. The molecule has 1 amide bonds. The first-order valence-electron chi connectivity index (χ1n) is 6.98. The van der Waals surface area contributed by atoms with E-state index >= 15 is 0 Å². The molecule has 2 heteroatoms. The molecular formula is C15H31NO. The summed E-state index contributed by atoms with van der Waals surface area (Å²) >= 11 is 0. The van der Waals surface area contributed by atoms with Gasteiger partial charge in [-0.2, -0.15) is 0 Å². The fourth-order valence-corrected chi connectivity index (χ4v) is 2.27. The summed E-state index contributed by atoms with van der Waals surface area (Å²) in [7, 11) is 1.75. The third-order valence-electron chi connectivity index (χ3n) is 4.73. The van der Waals surface area contributed by atoms with Gasteiger partial charge in [-0.1, -0.05) is 48.0 Å². The first-order valence-corrected chi connectivity index (χ1v) is 6.98. The second kappa shape index (κ2) is 6.42. The minimum Gasteiger partial charge on any atom is -0.359 e. The molecule has 0 aromatic heterocycles. The average Bonchev–Trinajstić information content (AvgIpc) is 2.34. The van der Waals surface area contributed by atoms with E-state index in [0.717, 1.165) is 25.7 Å². The van der Waals surface area contributed by atoms with Crippen LogP contribution in [-0.4, -0.2) is 13.0 Å². The smallest absolute Gasteiger partial charge is 0.223 e. The maximum atomic E-state index is 12.2. The topological polar surface area (TPSA) is 29.1 Å². The molecule has 0 fully saturated rings. The van der Waals surface area contributed by atoms with Gasteiger partial charge in [-0.25, -0.2) is 0 Å². The Labute approximate surface area is 108 Å². The van der Waals surface area contributed by atoms with Crippen LogP contribution in [0.25, 0.3) is 0 Å². The van der Waals surface area contributed by atoms with E-state index in [1.165, 1.54) is 0 Å². The van der Waals surface area contributed by atoms with E-state index in [2.05, 4.69) is 46.9 Å². The molecule has 0 aliphatic rings. The van der Waals surface area contributed by atoms with Crippen molar-refractivity contribution in [3.8, 4) is 0 Å². The Bertz CT molecular complexity index is 241. The van der Waals surface area contributed by atoms with Crippen molar-refractivity contribution in [2.45, 2.75) is 67.2 Å². The van der Waals surface area contributed by atoms with Gasteiger partial charge in [0, 0.05) is 13.0 Å². The average molecular weight is 241 g/mol. The summed E-state index contributed by atoms with van der Waals surface area (Å²) in [6, 6.07) is 0. The van der Waals surface area contributed by atoms with Crippen LogP contribution < -0.4 is 5.32 Å². The SMILES string of the molecule is CCC(C)(C)CC(C(=O)NC)C(C)(CC)CC. The molecule has 1 N–H and O–H groups in total. The maximum absolute atomic E-state index is 12.2. The van der Waals surface area contributed by atoms with E-state index in [9.17, 15) is 4.79 Å². The molecule has 0 aliphatic carbocycles. The summed E-state index contributed by atoms with van der Waals surface area (Å²) in [6.07, 6.45) is 4.20. The van der Waals surface area contributed by atoms with Crippen LogP contribution in [0.4, 0.5) is 0 Å². The van der Waals surface area contributed by atoms with Gasteiger partial charge in [0.2, 0.25) is 5.91 Å². The Morgan fingerprint density at radius 1 is 1.06 bits per heavy atom. The normalized spacial score (nSPS) is 14.5. The fourth-order valence-electron chi connectivity index (χ4n) is 2.27. The number of amides is 1. The van der Waals surface area contributed by atoms with Gasteiger partial charge in [0.05, 0.1) is 0 Å². The molecular weight excluding hydrogens is 210 g/mol. The molecule has 0 rings (SSSR count). The number of hydrogen-bond acceptors (Lipinski definition) is 1. The summed E-state index contributed by atoms with van der Waals surface area (Å²) in [5.41, 5.74) is 0.356. The highest BCUT2D eigenvalue weighted by atomic mass is 16.1. The van der Waals surface area contributed by atoms with Crippen LogP contribution in [-0.2, 0) is 4.79 Å². The van der Waals surface area contributed by atoms with Crippen LogP contribution in [0.1, 0.15) is 67.2 Å². The zero-order chi connectivity index (χ0) is 13.7. The second-order valence-electron chi connectivity index (χ2n) is 6.25. The first kappa shape index (κ1) is 16.5. The quantitative estimate of drug-likeness (QED) is 0.717. The van der Waals surface area contributed by atoms with Crippen molar-refractivity contribution in [2.75, 3.05) is 7.05 Å². The van der Waals surface area contributed by atoms with Gasteiger partial charge >= 0.3 is 0 Å². The maximum Gasteiger partial charge on any atom is 0.223 e. The highest BCUT2D eigenvalue weighted by molar-refractivity contribution is 5.79. The highest BCUT2D eigenvalue weighted by Gasteiger charge is 2.38. The van der Waals surface area contributed by atoms with E-state index in [-0.39, 0.29) is 22.7 Å². The molecule has 1 unspecified atom stereocenters. The molecule has 17 heavy (non-hydrogen) atoms. The number of carbonyl (C=O) groups is 1. The molecule has 1 atom stereocenters. The Kier molecular flexibility index (Phi) is 6.22. The van der Waals surface area contributed by atoms with Gasteiger partial charge in [0.1, 0.15) is 0 Å². The fraction of sp³-hybridized carbons (Fsp3) is 0.933. The van der Waals surface area contributed by atoms with Gasteiger partial charge in [-0.05, 0) is 30.1 Å². The second-order valence-corrected chi connectivity index (χ2v) is 6.25. The number of rotatable bonds is 7. The summed E-state index contributed by atoms with van der Waals surface area (Å²) in [6.45, 7) is 13.4. The lowest BCUT2D eigenvalue weighted by atomic mass is 9.66. The van der Waals surface area contributed by atoms with Gasteiger partial charge < -0.3 is 5.32 Å². The van der Waals surface area contributed by atoms with Crippen molar-refractivity contribution in [3.05, 3.63) is 0 Å². The third-order valence-corrected chi connectivity index (χ3v) is 4.73. The van der Waals surface area contributed by atoms with E-state index < -0.39 is 0 Å². The summed E-state index contributed by atoms with van der Waals surface area (Å²) in [5, 5.41) is 2.85. The van der Waals surface area contributed by atoms with Crippen LogP contribution in [0.15, 0.2) is 0 Å². The summed E-state index contributed by atoms with van der Waals surface area (Å²) in [4.78, 5) is 12.2. The lowest BCUT2D eigenvalue weighted by Crippen LogP contribution is -2.41. The Morgan fingerprint density at radius 3 is 1.82 bits per heavy atom.